The molecule has 0 radical (unpaired) electrons. The second-order valence-corrected chi connectivity index (χ2v) is 8.23. The van der Waals surface area contributed by atoms with Crippen molar-refractivity contribution < 1.29 is 8.42 Å². The average Bonchev–Trinajstić information content (AvgIpc) is 2.60. The van der Waals surface area contributed by atoms with Crippen LogP contribution in [-0.2, 0) is 22.9 Å². The van der Waals surface area contributed by atoms with Gasteiger partial charge in [0.2, 0.25) is 10.0 Å². The van der Waals surface area contributed by atoms with Gasteiger partial charge in [0, 0.05) is 6.04 Å². The molecule has 0 aromatic heterocycles. The lowest BCUT2D eigenvalue weighted by atomic mass is 9.88. The summed E-state index contributed by atoms with van der Waals surface area (Å²) < 4.78 is 28.4. The predicted molar refractivity (Wildman–Crippen MR) is 97.5 cm³/mol. The number of rotatable bonds is 6. The van der Waals surface area contributed by atoms with E-state index in [1.54, 1.807) is 12.1 Å². The van der Waals surface area contributed by atoms with Gasteiger partial charge in [0.1, 0.15) is 0 Å². The Morgan fingerprint density at radius 1 is 1.08 bits per heavy atom. The van der Waals surface area contributed by atoms with Gasteiger partial charge in [-0.3, -0.25) is 0 Å². The first-order valence-electron chi connectivity index (χ1n) is 8.79. The molecule has 2 aromatic rings. The zero-order chi connectivity index (χ0) is 17.0. The van der Waals surface area contributed by atoms with Crippen LogP contribution in [0.25, 0.3) is 0 Å². The molecule has 0 fully saturated rings. The first-order chi connectivity index (χ1) is 11.6. The van der Waals surface area contributed by atoms with E-state index < -0.39 is 10.0 Å². The third kappa shape index (κ3) is 3.87. The Morgan fingerprint density at radius 2 is 1.83 bits per heavy atom. The van der Waals surface area contributed by atoms with Crippen LogP contribution in [0.1, 0.15) is 55.3 Å². The lowest BCUT2D eigenvalue weighted by Gasteiger charge is -2.26. The summed E-state index contributed by atoms with van der Waals surface area (Å²) in [5.41, 5.74) is 3.57. The van der Waals surface area contributed by atoms with E-state index >= 15 is 0 Å². The highest BCUT2D eigenvalue weighted by molar-refractivity contribution is 7.89. The second kappa shape index (κ2) is 7.49. The number of nitrogens with one attached hydrogen (secondary N) is 1. The molecule has 4 heteroatoms. The van der Waals surface area contributed by atoms with Crippen LogP contribution in [0.5, 0.6) is 0 Å². The third-order valence-electron chi connectivity index (χ3n) is 4.72. The van der Waals surface area contributed by atoms with Crippen molar-refractivity contribution in [3.05, 3.63) is 65.2 Å². The van der Waals surface area contributed by atoms with Gasteiger partial charge in [-0.1, -0.05) is 49.7 Å². The summed E-state index contributed by atoms with van der Waals surface area (Å²) in [6.07, 6.45) is 6.16. The Bertz CT molecular complexity index is 782. The molecule has 3 nitrogen and oxygen atoms in total. The maximum absolute atomic E-state index is 12.7. The molecule has 0 saturated heterocycles. The molecule has 1 unspecified atom stereocenters. The van der Waals surface area contributed by atoms with E-state index in [0.717, 1.165) is 44.1 Å². The maximum Gasteiger partial charge on any atom is 0.241 e. The Kier molecular flexibility index (Phi) is 5.36. The van der Waals surface area contributed by atoms with Crippen molar-refractivity contribution >= 4 is 10.0 Å². The minimum Gasteiger partial charge on any atom is -0.207 e. The van der Waals surface area contributed by atoms with Gasteiger partial charge >= 0.3 is 0 Å². The molecular weight excluding hydrogens is 318 g/mol. The van der Waals surface area contributed by atoms with Crippen LogP contribution in [0.2, 0.25) is 0 Å². The topological polar surface area (TPSA) is 46.2 Å². The van der Waals surface area contributed by atoms with Gasteiger partial charge < -0.3 is 0 Å². The Hall–Kier alpha value is -1.65. The van der Waals surface area contributed by atoms with Gasteiger partial charge in [-0.25, -0.2) is 13.1 Å². The fraction of sp³-hybridized carbons (Fsp3) is 0.400. The minimum absolute atomic E-state index is 0.125. The van der Waals surface area contributed by atoms with E-state index in [9.17, 15) is 8.42 Å². The highest BCUT2D eigenvalue weighted by atomic mass is 32.2. The van der Waals surface area contributed by atoms with E-state index in [2.05, 4.69) is 17.7 Å². The molecule has 0 bridgehead atoms. The molecule has 24 heavy (non-hydrogen) atoms. The molecule has 2 aromatic carbocycles. The highest BCUT2D eigenvalue weighted by Gasteiger charge is 2.25. The third-order valence-corrected chi connectivity index (χ3v) is 6.21. The van der Waals surface area contributed by atoms with Crippen molar-refractivity contribution in [1.82, 2.24) is 4.72 Å². The molecule has 0 saturated carbocycles. The van der Waals surface area contributed by atoms with Crippen LogP contribution < -0.4 is 4.72 Å². The second-order valence-electron chi connectivity index (χ2n) is 6.51. The SMILES string of the molecule is CCCCc1ccc(S(=O)(=O)NC2CCCc3ccccc32)cc1. The van der Waals surface area contributed by atoms with Crippen LogP contribution in [0.4, 0.5) is 0 Å². The van der Waals surface area contributed by atoms with Gasteiger partial charge in [0.25, 0.3) is 0 Å². The van der Waals surface area contributed by atoms with Gasteiger partial charge in [0.05, 0.1) is 4.90 Å². The maximum atomic E-state index is 12.7. The molecule has 0 aliphatic heterocycles. The molecule has 1 atom stereocenters. The number of hydrogen-bond acceptors (Lipinski definition) is 2. The predicted octanol–water partition coefficient (Wildman–Crippen LogP) is 4.39. The van der Waals surface area contributed by atoms with Crippen molar-refractivity contribution in [2.24, 2.45) is 0 Å². The van der Waals surface area contributed by atoms with Gasteiger partial charge in [-0.2, -0.15) is 0 Å². The number of sulfonamides is 1. The minimum atomic E-state index is -3.49. The van der Waals surface area contributed by atoms with Gasteiger partial charge in [-0.15, -0.1) is 0 Å². The largest absolute Gasteiger partial charge is 0.241 e. The fourth-order valence-electron chi connectivity index (χ4n) is 3.35. The lowest BCUT2D eigenvalue weighted by molar-refractivity contribution is 0.507. The fourth-order valence-corrected chi connectivity index (χ4v) is 4.60. The summed E-state index contributed by atoms with van der Waals surface area (Å²) >= 11 is 0. The number of aryl methyl sites for hydroxylation is 2. The zero-order valence-electron chi connectivity index (χ0n) is 14.2. The standard InChI is InChI=1S/C20H25NO2S/c1-2-3-7-16-12-14-18(15-13-16)24(22,23)21-20-11-6-9-17-8-4-5-10-19(17)20/h4-5,8,10,12-15,20-21H,2-3,6-7,9,11H2,1H3. The van der Waals surface area contributed by atoms with E-state index in [0.29, 0.717) is 4.90 Å². The van der Waals surface area contributed by atoms with Crippen LogP contribution in [0.3, 0.4) is 0 Å². The number of fused-ring (bicyclic) bond motifs is 1. The first-order valence-corrected chi connectivity index (χ1v) is 10.3. The van der Waals surface area contributed by atoms with E-state index in [1.807, 2.05) is 30.3 Å². The Labute approximate surface area is 145 Å². The summed E-state index contributed by atoms with van der Waals surface area (Å²) in [4.78, 5) is 0.353. The Morgan fingerprint density at radius 3 is 2.58 bits per heavy atom. The van der Waals surface area contributed by atoms with Crippen molar-refractivity contribution in [3.8, 4) is 0 Å². The molecule has 1 aliphatic carbocycles. The highest BCUT2D eigenvalue weighted by Crippen LogP contribution is 2.30. The molecule has 0 amide bonds. The van der Waals surface area contributed by atoms with Crippen LogP contribution >= 0.6 is 0 Å². The van der Waals surface area contributed by atoms with E-state index in [4.69, 9.17) is 0 Å². The number of unbranched alkanes of at least 4 members (excludes halogenated alkanes) is 1. The van der Waals surface area contributed by atoms with Gasteiger partial charge in [0.15, 0.2) is 0 Å². The monoisotopic (exact) mass is 343 g/mol. The van der Waals surface area contributed by atoms with Crippen LogP contribution in [0, 0.1) is 0 Å². The van der Waals surface area contributed by atoms with E-state index in [1.165, 1.54) is 11.1 Å². The smallest absolute Gasteiger partial charge is 0.207 e. The van der Waals surface area contributed by atoms with Crippen molar-refractivity contribution in [3.63, 3.8) is 0 Å². The normalized spacial score (nSPS) is 17.5. The molecular formula is C20H25NO2S. The van der Waals surface area contributed by atoms with Gasteiger partial charge in [-0.05, 0) is 60.9 Å². The molecule has 1 aliphatic rings. The van der Waals surface area contributed by atoms with Crippen molar-refractivity contribution in [2.75, 3.05) is 0 Å². The van der Waals surface area contributed by atoms with Crippen LogP contribution in [-0.4, -0.2) is 8.42 Å². The summed E-state index contributed by atoms with van der Waals surface area (Å²) in [5, 5.41) is 0. The van der Waals surface area contributed by atoms with Crippen molar-refractivity contribution in [1.29, 1.82) is 0 Å². The number of benzene rings is 2. The Balaban J connectivity index is 1.77. The summed E-state index contributed by atoms with van der Waals surface area (Å²) in [6.45, 7) is 2.16. The number of hydrogen-bond donors (Lipinski definition) is 1. The summed E-state index contributed by atoms with van der Waals surface area (Å²) in [7, 11) is -3.49. The lowest BCUT2D eigenvalue weighted by Crippen LogP contribution is -2.31. The average molecular weight is 343 g/mol. The molecule has 0 heterocycles. The molecule has 1 N–H and O–H groups in total. The van der Waals surface area contributed by atoms with Crippen molar-refractivity contribution in [2.45, 2.75) is 56.4 Å². The molecule has 128 valence electrons. The van der Waals surface area contributed by atoms with E-state index in [-0.39, 0.29) is 6.04 Å². The summed E-state index contributed by atoms with van der Waals surface area (Å²) in [5.74, 6) is 0. The van der Waals surface area contributed by atoms with Crippen LogP contribution in [0.15, 0.2) is 53.4 Å². The molecule has 0 spiro atoms. The zero-order valence-corrected chi connectivity index (χ0v) is 15.0. The first kappa shape index (κ1) is 17.2. The molecule has 3 rings (SSSR count). The quantitative estimate of drug-likeness (QED) is 0.846. The summed E-state index contributed by atoms with van der Waals surface area (Å²) in [6, 6.07) is 15.3.